The Morgan fingerprint density at radius 1 is 1.15 bits per heavy atom. The fourth-order valence-corrected chi connectivity index (χ4v) is 3.18. The van der Waals surface area contributed by atoms with Crippen molar-refractivity contribution in [2.75, 3.05) is 18.5 Å². The molecule has 0 spiro atoms. The zero-order valence-electron chi connectivity index (χ0n) is 14.4. The monoisotopic (exact) mass is 380 g/mol. The van der Waals surface area contributed by atoms with Gasteiger partial charge in [-0.1, -0.05) is 25.1 Å². The summed E-state index contributed by atoms with van der Waals surface area (Å²) in [5.74, 6) is -0.636. The molecular weight excluding hydrogens is 359 g/mol. The molecule has 0 atom stereocenters. The van der Waals surface area contributed by atoms with Gasteiger partial charge >= 0.3 is 0 Å². The largest absolute Gasteiger partial charge is 0.491 e. The summed E-state index contributed by atoms with van der Waals surface area (Å²) in [4.78, 5) is 12.2. The molecule has 6 nitrogen and oxygen atoms in total. The zero-order valence-corrected chi connectivity index (χ0v) is 15.2. The fourth-order valence-electron chi connectivity index (χ4n) is 2.13. The Morgan fingerprint density at radius 3 is 2.58 bits per heavy atom. The highest BCUT2D eigenvalue weighted by molar-refractivity contribution is 7.89. The predicted octanol–water partition coefficient (Wildman–Crippen LogP) is 2.92. The van der Waals surface area contributed by atoms with E-state index in [0.29, 0.717) is 12.3 Å². The summed E-state index contributed by atoms with van der Waals surface area (Å²) in [5, 5.41) is 2.61. The Labute approximate surface area is 152 Å². The van der Waals surface area contributed by atoms with Crippen LogP contribution in [-0.4, -0.2) is 27.5 Å². The molecule has 2 aromatic carbocycles. The first-order valence-corrected chi connectivity index (χ1v) is 9.67. The number of halogens is 1. The van der Waals surface area contributed by atoms with Crippen molar-refractivity contribution >= 4 is 21.6 Å². The van der Waals surface area contributed by atoms with Crippen LogP contribution in [0.4, 0.5) is 10.1 Å². The number of benzene rings is 2. The SMILES string of the molecule is CCCOc1cc(F)ccc1NC(=O)CCNS(=O)(=O)c1ccccc1. The van der Waals surface area contributed by atoms with E-state index >= 15 is 0 Å². The molecule has 0 aliphatic heterocycles. The lowest BCUT2D eigenvalue weighted by Crippen LogP contribution is -2.27. The number of ether oxygens (including phenoxy) is 1. The summed E-state index contributed by atoms with van der Waals surface area (Å²) in [6, 6.07) is 11.7. The Morgan fingerprint density at radius 2 is 1.88 bits per heavy atom. The van der Waals surface area contributed by atoms with E-state index in [1.54, 1.807) is 18.2 Å². The topological polar surface area (TPSA) is 84.5 Å². The van der Waals surface area contributed by atoms with Crippen molar-refractivity contribution in [3.63, 3.8) is 0 Å². The van der Waals surface area contributed by atoms with Gasteiger partial charge in [-0.25, -0.2) is 17.5 Å². The third-order valence-corrected chi connectivity index (χ3v) is 4.85. The van der Waals surface area contributed by atoms with Crippen LogP contribution in [0, 0.1) is 5.82 Å². The lowest BCUT2D eigenvalue weighted by Gasteiger charge is -2.12. The van der Waals surface area contributed by atoms with Crippen molar-refractivity contribution in [1.29, 1.82) is 0 Å². The highest BCUT2D eigenvalue weighted by Crippen LogP contribution is 2.25. The van der Waals surface area contributed by atoms with Gasteiger partial charge in [-0.2, -0.15) is 0 Å². The van der Waals surface area contributed by atoms with Crippen molar-refractivity contribution in [3.05, 3.63) is 54.3 Å². The maximum absolute atomic E-state index is 13.3. The molecule has 0 radical (unpaired) electrons. The summed E-state index contributed by atoms with van der Waals surface area (Å²) in [7, 11) is -3.66. The molecule has 26 heavy (non-hydrogen) atoms. The number of carbonyl (C=O) groups excluding carboxylic acids is 1. The first-order chi connectivity index (χ1) is 12.4. The molecule has 1 amide bonds. The number of carbonyl (C=O) groups is 1. The average molecular weight is 380 g/mol. The first kappa shape index (κ1) is 19.9. The van der Waals surface area contributed by atoms with Crippen LogP contribution < -0.4 is 14.8 Å². The molecule has 2 aromatic rings. The minimum Gasteiger partial charge on any atom is -0.491 e. The van der Waals surface area contributed by atoms with E-state index in [4.69, 9.17) is 4.74 Å². The van der Waals surface area contributed by atoms with Crippen LogP contribution in [0.2, 0.25) is 0 Å². The van der Waals surface area contributed by atoms with Gasteiger partial charge < -0.3 is 10.1 Å². The van der Waals surface area contributed by atoms with E-state index in [1.807, 2.05) is 6.92 Å². The molecule has 0 heterocycles. The van der Waals surface area contributed by atoms with Gasteiger partial charge in [0.1, 0.15) is 11.6 Å². The van der Waals surface area contributed by atoms with E-state index in [1.165, 1.54) is 30.3 Å². The molecular formula is C18H21FN2O4S. The number of nitrogens with one attached hydrogen (secondary N) is 2. The summed E-state index contributed by atoms with van der Waals surface area (Å²) in [5.41, 5.74) is 0.343. The van der Waals surface area contributed by atoms with Gasteiger partial charge in [0, 0.05) is 19.0 Å². The molecule has 0 fully saturated rings. The molecule has 0 aliphatic carbocycles. The van der Waals surface area contributed by atoms with Gasteiger partial charge in [0.2, 0.25) is 15.9 Å². The lowest BCUT2D eigenvalue weighted by molar-refractivity contribution is -0.116. The van der Waals surface area contributed by atoms with E-state index < -0.39 is 21.7 Å². The molecule has 0 bridgehead atoms. The van der Waals surface area contributed by atoms with E-state index in [2.05, 4.69) is 10.0 Å². The highest BCUT2D eigenvalue weighted by atomic mass is 32.2. The first-order valence-electron chi connectivity index (χ1n) is 8.19. The number of sulfonamides is 1. The maximum Gasteiger partial charge on any atom is 0.240 e. The van der Waals surface area contributed by atoms with Crippen LogP contribution >= 0.6 is 0 Å². The van der Waals surface area contributed by atoms with E-state index in [9.17, 15) is 17.6 Å². The standard InChI is InChI=1S/C18H21FN2O4S/c1-2-12-25-17-13-14(19)8-9-16(17)21-18(22)10-11-20-26(23,24)15-6-4-3-5-7-15/h3-9,13,20H,2,10-12H2,1H3,(H,21,22). The van der Waals surface area contributed by atoms with Gasteiger partial charge in [-0.3, -0.25) is 4.79 Å². The maximum atomic E-state index is 13.3. The van der Waals surface area contributed by atoms with Gasteiger partial charge in [0.25, 0.3) is 0 Å². The molecule has 0 aliphatic rings. The van der Waals surface area contributed by atoms with Crippen molar-refractivity contribution in [2.24, 2.45) is 0 Å². The van der Waals surface area contributed by atoms with Crippen LogP contribution in [0.5, 0.6) is 5.75 Å². The Kier molecular flexibility index (Phi) is 7.11. The van der Waals surface area contributed by atoms with Gasteiger partial charge in [0.05, 0.1) is 17.2 Å². The van der Waals surface area contributed by atoms with Crippen LogP contribution in [-0.2, 0) is 14.8 Å². The zero-order chi connectivity index (χ0) is 19.0. The Hall–Kier alpha value is -2.45. The predicted molar refractivity (Wildman–Crippen MR) is 97.1 cm³/mol. The van der Waals surface area contributed by atoms with Crippen molar-refractivity contribution in [3.8, 4) is 5.75 Å². The van der Waals surface area contributed by atoms with Crippen molar-refractivity contribution in [1.82, 2.24) is 4.72 Å². The lowest BCUT2D eigenvalue weighted by atomic mass is 10.2. The fraction of sp³-hybridized carbons (Fsp3) is 0.278. The van der Waals surface area contributed by atoms with E-state index in [0.717, 1.165) is 6.42 Å². The Bertz CT molecular complexity index is 842. The number of amides is 1. The summed E-state index contributed by atoms with van der Waals surface area (Å²) < 4.78 is 45.3. The number of anilines is 1. The van der Waals surface area contributed by atoms with Crippen molar-refractivity contribution < 1.29 is 22.3 Å². The van der Waals surface area contributed by atoms with Crippen molar-refractivity contribution in [2.45, 2.75) is 24.7 Å². The summed E-state index contributed by atoms with van der Waals surface area (Å²) >= 11 is 0. The second-order valence-corrected chi connectivity index (χ2v) is 7.26. The van der Waals surface area contributed by atoms with E-state index in [-0.39, 0.29) is 23.6 Å². The summed E-state index contributed by atoms with van der Waals surface area (Å²) in [6.45, 7) is 2.25. The van der Waals surface area contributed by atoms with Crippen LogP contribution in [0.15, 0.2) is 53.4 Å². The highest BCUT2D eigenvalue weighted by Gasteiger charge is 2.14. The molecule has 2 N–H and O–H groups in total. The third kappa shape index (κ3) is 5.82. The number of hydrogen-bond donors (Lipinski definition) is 2. The molecule has 0 saturated carbocycles. The normalized spacial score (nSPS) is 11.2. The van der Waals surface area contributed by atoms with Gasteiger partial charge in [-0.15, -0.1) is 0 Å². The minimum absolute atomic E-state index is 0.0601. The molecule has 2 rings (SSSR count). The number of rotatable bonds is 9. The minimum atomic E-state index is -3.66. The Balaban J connectivity index is 1.91. The van der Waals surface area contributed by atoms with Gasteiger partial charge in [0.15, 0.2) is 0 Å². The second kappa shape index (κ2) is 9.30. The second-order valence-electron chi connectivity index (χ2n) is 5.50. The quantitative estimate of drug-likeness (QED) is 0.701. The molecule has 8 heteroatoms. The average Bonchev–Trinajstić information content (AvgIpc) is 2.62. The van der Waals surface area contributed by atoms with Crippen LogP contribution in [0.3, 0.4) is 0 Å². The molecule has 140 valence electrons. The smallest absolute Gasteiger partial charge is 0.240 e. The summed E-state index contributed by atoms with van der Waals surface area (Å²) in [6.07, 6.45) is 0.668. The molecule has 0 aromatic heterocycles. The van der Waals surface area contributed by atoms with Crippen LogP contribution in [0.1, 0.15) is 19.8 Å². The number of hydrogen-bond acceptors (Lipinski definition) is 4. The molecule has 0 unspecified atom stereocenters. The van der Waals surface area contributed by atoms with Crippen LogP contribution in [0.25, 0.3) is 0 Å². The molecule has 0 saturated heterocycles. The third-order valence-electron chi connectivity index (χ3n) is 3.38. The van der Waals surface area contributed by atoms with Gasteiger partial charge in [-0.05, 0) is 30.7 Å².